The van der Waals surface area contributed by atoms with Gasteiger partial charge in [0.05, 0.1) is 22.9 Å². The zero-order valence-corrected chi connectivity index (χ0v) is 10.8. The van der Waals surface area contributed by atoms with E-state index < -0.39 is 17.6 Å². The highest BCUT2D eigenvalue weighted by atomic mass is 19.4. The van der Waals surface area contributed by atoms with E-state index in [1.54, 1.807) is 13.0 Å². The first-order chi connectivity index (χ1) is 9.24. The van der Waals surface area contributed by atoms with Crippen molar-refractivity contribution in [3.05, 3.63) is 29.3 Å². The summed E-state index contributed by atoms with van der Waals surface area (Å²) in [5.41, 5.74) is 3.96. The minimum atomic E-state index is -4.64. The molecule has 0 saturated carbocycles. The molecule has 0 aliphatic heterocycles. The summed E-state index contributed by atoms with van der Waals surface area (Å²) in [4.78, 5) is 11.6. The molecule has 1 amide bonds. The summed E-state index contributed by atoms with van der Waals surface area (Å²) < 4.78 is 38.5. The predicted octanol–water partition coefficient (Wildman–Crippen LogP) is 2.64. The monoisotopic (exact) mass is 285 g/mol. The van der Waals surface area contributed by atoms with Crippen LogP contribution in [0.5, 0.6) is 0 Å². The maximum atomic E-state index is 12.8. The molecule has 1 aromatic carbocycles. The maximum Gasteiger partial charge on any atom is 0.418 e. The van der Waals surface area contributed by atoms with E-state index in [2.05, 4.69) is 5.32 Å². The van der Waals surface area contributed by atoms with Gasteiger partial charge in [-0.05, 0) is 31.5 Å². The normalized spacial score (nSPS) is 12.6. The summed E-state index contributed by atoms with van der Waals surface area (Å²) in [6, 6.07) is 4.43. The molecule has 1 aromatic rings. The summed E-state index contributed by atoms with van der Waals surface area (Å²) in [6.07, 6.45) is -4.23. The summed E-state index contributed by atoms with van der Waals surface area (Å²) >= 11 is 0. The summed E-state index contributed by atoms with van der Waals surface area (Å²) in [7, 11) is 0. The fourth-order valence-corrected chi connectivity index (χ4v) is 1.53. The van der Waals surface area contributed by atoms with E-state index in [1.165, 1.54) is 6.07 Å². The van der Waals surface area contributed by atoms with Crippen LogP contribution in [0.15, 0.2) is 18.2 Å². The largest absolute Gasteiger partial charge is 0.418 e. The fraction of sp³-hybridized carbons (Fsp3) is 0.385. The highest BCUT2D eigenvalue weighted by Crippen LogP contribution is 2.35. The molecule has 20 heavy (non-hydrogen) atoms. The molecule has 0 aromatic heterocycles. The van der Waals surface area contributed by atoms with Gasteiger partial charge in [-0.3, -0.25) is 4.79 Å². The fourth-order valence-electron chi connectivity index (χ4n) is 1.53. The van der Waals surface area contributed by atoms with Gasteiger partial charge in [0.25, 0.3) is 0 Å². The van der Waals surface area contributed by atoms with Crippen LogP contribution in [-0.2, 0) is 11.0 Å². The number of anilines is 1. The predicted molar refractivity (Wildman–Crippen MR) is 67.7 cm³/mol. The third-order valence-electron chi connectivity index (χ3n) is 2.55. The van der Waals surface area contributed by atoms with Crippen molar-refractivity contribution >= 4 is 11.6 Å². The Balaban J connectivity index is 2.95. The molecule has 1 atom stereocenters. The molecule has 0 fully saturated rings. The molecule has 0 bridgehead atoms. The van der Waals surface area contributed by atoms with Gasteiger partial charge in [-0.2, -0.15) is 18.4 Å². The molecule has 3 N–H and O–H groups in total. The first-order valence-corrected chi connectivity index (χ1v) is 5.91. The summed E-state index contributed by atoms with van der Waals surface area (Å²) in [6.45, 7) is 1.70. The number of carbonyl (C=O) groups is 1. The van der Waals surface area contributed by atoms with Gasteiger partial charge < -0.3 is 11.1 Å². The van der Waals surface area contributed by atoms with Crippen LogP contribution in [0.1, 0.15) is 30.9 Å². The third-order valence-corrected chi connectivity index (χ3v) is 2.55. The molecule has 108 valence electrons. The number of rotatable bonds is 4. The number of nitrogens with two attached hydrogens (primary N) is 1. The van der Waals surface area contributed by atoms with Crippen molar-refractivity contribution in [1.29, 1.82) is 5.26 Å². The van der Waals surface area contributed by atoms with Crippen molar-refractivity contribution in [1.82, 2.24) is 0 Å². The van der Waals surface area contributed by atoms with Crippen LogP contribution in [0.3, 0.4) is 0 Å². The van der Waals surface area contributed by atoms with Crippen LogP contribution in [0.25, 0.3) is 0 Å². The highest BCUT2D eigenvalue weighted by Gasteiger charge is 2.34. The molecule has 0 spiro atoms. The number of benzene rings is 1. The second-order valence-electron chi connectivity index (χ2n) is 4.43. The van der Waals surface area contributed by atoms with Crippen molar-refractivity contribution in [3.8, 4) is 6.07 Å². The van der Waals surface area contributed by atoms with E-state index >= 15 is 0 Å². The van der Waals surface area contributed by atoms with Crippen LogP contribution in [0.4, 0.5) is 18.9 Å². The number of nitrogens with one attached hydrogen (secondary N) is 1. The van der Waals surface area contributed by atoms with Gasteiger partial charge >= 0.3 is 6.18 Å². The minimum Gasteiger partial charge on any atom is -0.328 e. The SMILES string of the molecule is CC(N)CCC(=O)Nc1ccc(C#N)cc1C(F)(F)F. The standard InChI is InChI=1S/C13H14F3N3O/c1-8(18)2-5-12(20)19-11-4-3-9(7-17)6-10(11)13(14,15)16/h3-4,6,8H,2,5,18H2,1H3,(H,19,20). The number of hydrogen-bond acceptors (Lipinski definition) is 3. The molecule has 0 aliphatic carbocycles. The zero-order chi connectivity index (χ0) is 15.3. The molecule has 4 nitrogen and oxygen atoms in total. The van der Waals surface area contributed by atoms with E-state index in [4.69, 9.17) is 11.0 Å². The lowest BCUT2D eigenvalue weighted by atomic mass is 10.1. The van der Waals surface area contributed by atoms with Crippen molar-refractivity contribution in [2.45, 2.75) is 32.0 Å². The molecule has 0 heterocycles. The number of amides is 1. The van der Waals surface area contributed by atoms with E-state index in [9.17, 15) is 18.0 Å². The van der Waals surface area contributed by atoms with Gasteiger partial charge in [0.15, 0.2) is 0 Å². The van der Waals surface area contributed by atoms with Gasteiger partial charge in [0.1, 0.15) is 0 Å². The Morgan fingerprint density at radius 1 is 1.50 bits per heavy atom. The molecular formula is C13H14F3N3O. The van der Waals surface area contributed by atoms with Gasteiger partial charge in [0.2, 0.25) is 5.91 Å². The first-order valence-electron chi connectivity index (χ1n) is 5.91. The molecule has 0 saturated heterocycles. The van der Waals surface area contributed by atoms with Crippen LogP contribution < -0.4 is 11.1 Å². The zero-order valence-electron chi connectivity index (χ0n) is 10.8. The number of carbonyl (C=O) groups excluding carboxylic acids is 1. The van der Waals surface area contributed by atoms with Crippen LogP contribution in [0.2, 0.25) is 0 Å². The van der Waals surface area contributed by atoms with Crippen LogP contribution >= 0.6 is 0 Å². The van der Waals surface area contributed by atoms with E-state index in [0.29, 0.717) is 12.5 Å². The lowest BCUT2D eigenvalue weighted by molar-refractivity contribution is -0.137. The summed E-state index contributed by atoms with van der Waals surface area (Å²) in [5.74, 6) is -0.544. The topological polar surface area (TPSA) is 78.9 Å². The maximum absolute atomic E-state index is 12.8. The number of nitrogens with zero attached hydrogens (tertiary/aromatic N) is 1. The minimum absolute atomic E-state index is 0.0367. The van der Waals surface area contributed by atoms with E-state index in [0.717, 1.165) is 6.07 Å². The molecule has 7 heteroatoms. The first kappa shape index (κ1) is 16.0. The molecule has 1 rings (SSSR count). The van der Waals surface area contributed by atoms with Gasteiger partial charge in [-0.15, -0.1) is 0 Å². The smallest absolute Gasteiger partial charge is 0.328 e. The van der Waals surface area contributed by atoms with Gasteiger partial charge in [-0.1, -0.05) is 0 Å². The number of hydrogen-bond donors (Lipinski definition) is 2. The Kier molecular flexibility index (Phi) is 5.11. The van der Waals surface area contributed by atoms with Crippen molar-refractivity contribution in [3.63, 3.8) is 0 Å². The van der Waals surface area contributed by atoms with Crippen LogP contribution in [0, 0.1) is 11.3 Å². The van der Waals surface area contributed by atoms with Gasteiger partial charge in [0, 0.05) is 12.5 Å². The number of alkyl halides is 3. The molecule has 0 aliphatic rings. The second-order valence-corrected chi connectivity index (χ2v) is 4.43. The Bertz CT molecular complexity index is 533. The van der Waals surface area contributed by atoms with E-state index in [1.807, 2.05) is 0 Å². The quantitative estimate of drug-likeness (QED) is 0.892. The van der Waals surface area contributed by atoms with Crippen molar-refractivity contribution < 1.29 is 18.0 Å². The average Bonchev–Trinajstić information content (AvgIpc) is 2.35. The molecule has 1 unspecified atom stereocenters. The Morgan fingerprint density at radius 3 is 2.65 bits per heavy atom. The number of halogens is 3. The molecular weight excluding hydrogens is 271 g/mol. The lowest BCUT2D eigenvalue weighted by Crippen LogP contribution is -2.21. The van der Waals surface area contributed by atoms with Gasteiger partial charge in [-0.25, -0.2) is 0 Å². The van der Waals surface area contributed by atoms with E-state index in [-0.39, 0.29) is 23.7 Å². The Hall–Kier alpha value is -2.07. The average molecular weight is 285 g/mol. The molecule has 0 radical (unpaired) electrons. The Labute approximate surface area is 114 Å². The Morgan fingerprint density at radius 2 is 2.15 bits per heavy atom. The van der Waals surface area contributed by atoms with Crippen molar-refractivity contribution in [2.75, 3.05) is 5.32 Å². The highest BCUT2D eigenvalue weighted by molar-refractivity contribution is 5.91. The second kappa shape index (κ2) is 6.39. The third kappa shape index (κ3) is 4.55. The van der Waals surface area contributed by atoms with Crippen LogP contribution in [-0.4, -0.2) is 11.9 Å². The number of nitriles is 1. The summed E-state index contributed by atoms with van der Waals surface area (Å²) in [5, 5.41) is 10.8. The van der Waals surface area contributed by atoms with Crippen molar-refractivity contribution in [2.24, 2.45) is 5.73 Å². The lowest BCUT2D eigenvalue weighted by Gasteiger charge is -2.14.